The van der Waals surface area contributed by atoms with E-state index in [4.69, 9.17) is 5.73 Å². The van der Waals surface area contributed by atoms with Gasteiger partial charge in [0.15, 0.2) is 0 Å². The summed E-state index contributed by atoms with van der Waals surface area (Å²) in [4.78, 5) is 0. The molecule has 4 N–H and O–H groups in total. The van der Waals surface area contributed by atoms with Gasteiger partial charge in [0.25, 0.3) is 0 Å². The molecule has 4 unspecified atom stereocenters. The predicted octanol–water partition coefficient (Wildman–Crippen LogP) is 2.69. The van der Waals surface area contributed by atoms with Crippen LogP contribution in [0.3, 0.4) is 0 Å². The first kappa shape index (κ1) is 15.4. The van der Waals surface area contributed by atoms with Crippen molar-refractivity contribution < 1.29 is 10.2 Å². The van der Waals surface area contributed by atoms with E-state index in [1.807, 2.05) is 0 Å². The van der Waals surface area contributed by atoms with E-state index in [9.17, 15) is 10.2 Å². The highest BCUT2D eigenvalue weighted by molar-refractivity contribution is 5.11. The number of aliphatic hydroxyl groups excluding tert-OH is 2. The lowest BCUT2D eigenvalue weighted by Crippen LogP contribution is -2.59. The molecule has 0 radical (unpaired) electrons. The van der Waals surface area contributed by atoms with E-state index in [-0.39, 0.29) is 17.6 Å². The smallest absolute Gasteiger partial charge is 0.0596 e. The molecule has 0 aliphatic heterocycles. The van der Waals surface area contributed by atoms with Crippen molar-refractivity contribution in [2.24, 2.45) is 40.2 Å². The molecule has 126 valence electrons. The number of hydrogen-bond donors (Lipinski definition) is 3. The van der Waals surface area contributed by atoms with Crippen LogP contribution in [0.2, 0.25) is 0 Å². The van der Waals surface area contributed by atoms with E-state index in [0.29, 0.717) is 35.1 Å². The van der Waals surface area contributed by atoms with Crippen LogP contribution in [0.5, 0.6) is 0 Å². The maximum absolute atomic E-state index is 11.0. The Bertz CT molecular complexity index is 455. The van der Waals surface area contributed by atoms with Crippen molar-refractivity contribution in [1.82, 2.24) is 0 Å². The van der Waals surface area contributed by atoms with Crippen molar-refractivity contribution in [3.63, 3.8) is 0 Å². The van der Waals surface area contributed by atoms with Crippen LogP contribution in [0, 0.1) is 34.5 Å². The van der Waals surface area contributed by atoms with Crippen LogP contribution >= 0.6 is 0 Å². The minimum atomic E-state index is -0.178. The minimum Gasteiger partial charge on any atom is -0.393 e. The molecule has 0 aromatic carbocycles. The quantitative estimate of drug-likeness (QED) is 0.644. The van der Waals surface area contributed by atoms with E-state index in [1.165, 1.54) is 12.8 Å². The summed E-state index contributed by atoms with van der Waals surface area (Å²) in [6, 6.07) is 0.337. The highest BCUT2D eigenvalue weighted by Crippen LogP contribution is 2.66. The van der Waals surface area contributed by atoms with Crippen molar-refractivity contribution in [2.75, 3.05) is 0 Å². The Morgan fingerprint density at radius 3 is 2.32 bits per heavy atom. The largest absolute Gasteiger partial charge is 0.393 e. The summed E-state index contributed by atoms with van der Waals surface area (Å²) >= 11 is 0. The topological polar surface area (TPSA) is 66.5 Å². The first-order chi connectivity index (χ1) is 10.4. The average Bonchev–Trinajstić information content (AvgIpc) is 2.77. The number of nitrogens with two attached hydrogens (primary N) is 1. The van der Waals surface area contributed by atoms with E-state index in [0.717, 1.165) is 38.5 Å². The summed E-state index contributed by atoms with van der Waals surface area (Å²) in [5.74, 6) is 2.16. The second-order valence-corrected chi connectivity index (χ2v) is 9.47. The lowest BCUT2D eigenvalue weighted by Gasteiger charge is -2.62. The fourth-order valence-electron chi connectivity index (χ4n) is 7.23. The van der Waals surface area contributed by atoms with Crippen LogP contribution in [0.1, 0.15) is 65.2 Å². The molecule has 22 heavy (non-hydrogen) atoms. The standard InChI is InChI=1S/C19H33NO2/c1-18-7-5-12(20)9-11(18)10-15(21)17-13-3-4-16(22)19(13,2)8-6-14(17)18/h11-17,21-22H,3-10,20H2,1-2H3/t11?,12?,13-,14+,15?,16?,17-,18-,19-/m0/s1. The third kappa shape index (κ3) is 1.91. The second kappa shape index (κ2) is 4.94. The molecule has 9 atom stereocenters. The van der Waals surface area contributed by atoms with E-state index in [2.05, 4.69) is 13.8 Å². The molecule has 0 heterocycles. The highest BCUT2D eigenvalue weighted by Gasteiger charge is 2.62. The summed E-state index contributed by atoms with van der Waals surface area (Å²) in [7, 11) is 0. The van der Waals surface area contributed by atoms with Gasteiger partial charge in [-0.25, -0.2) is 0 Å². The Labute approximate surface area is 134 Å². The van der Waals surface area contributed by atoms with Gasteiger partial charge >= 0.3 is 0 Å². The molecule has 0 amide bonds. The Morgan fingerprint density at radius 2 is 1.55 bits per heavy atom. The third-order valence-electron chi connectivity index (χ3n) is 8.67. The molecule has 4 fully saturated rings. The lowest BCUT2D eigenvalue weighted by atomic mass is 9.44. The lowest BCUT2D eigenvalue weighted by molar-refractivity contribution is -0.169. The van der Waals surface area contributed by atoms with Gasteiger partial charge in [0.2, 0.25) is 0 Å². The molecule has 0 saturated heterocycles. The molecule has 4 saturated carbocycles. The molecule has 4 rings (SSSR count). The predicted molar refractivity (Wildman–Crippen MR) is 87.1 cm³/mol. The summed E-state index contributed by atoms with van der Waals surface area (Å²) in [5.41, 5.74) is 6.65. The molecular formula is C19H33NO2. The zero-order valence-corrected chi connectivity index (χ0v) is 14.2. The van der Waals surface area contributed by atoms with Gasteiger partial charge in [-0.1, -0.05) is 13.8 Å². The van der Waals surface area contributed by atoms with Gasteiger partial charge < -0.3 is 15.9 Å². The zero-order chi connectivity index (χ0) is 15.7. The van der Waals surface area contributed by atoms with Crippen LogP contribution in [0.25, 0.3) is 0 Å². The van der Waals surface area contributed by atoms with E-state index < -0.39 is 0 Å². The molecule has 3 heteroatoms. The Kier molecular flexibility index (Phi) is 3.46. The molecule has 0 aromatic rings. The Hall–Kier alpha value is -0.120. The van der Waals surface area contributed by atoms with Gasteiger partial charge in [-0.3, -0.25) is 0 Å². The highest BCUT2D eigenvalue weighted by atomic mass is 16.3. The van der Waals surface area contributed by atoms with Crippen molar-refractivity contribution >= 4 is 0 Å². The van der Waals surface area contributed by atoms with Crippen molar-refractivity contribution in [1.29, 1.82) is 0 Å². The van der Waals surface area contributed by atoms with Crippen LogP contribution in [0.15, 0.2) is 0 Å². The summed E-state index contributed by atoms with van der Waals surface area (Å²) in [6.45, 7) is 4.77. The fourth-order valence-corrected chi connectivity index (χ4v) is 7.23. The van der Waals surface area contributed by atoms with Gasteiger partial charge in [0.1, 0.15) is 0 Å². The van der Waals surface area contributed by atoms with Gasteiger partial charge in [-0.05, 0) is 85.9 Å². The van der Waals surface area contributed by atoms with Crippen molar-refractivity contribution in [3.05, 3.63) is 0 Å². The third-order valence-corrected chi connectivity index (χ3v) is 8.67. The summed E-state index contributed by atoms with van der Waals surface area (Å²) < 4.78 is 0. The normalized spacial score (nSPS) is 61.2. The molecule has 0 spiro atoms. The minimum absolute atomic E-state index is 0.0520. The Morgan fingerprint density at radius 1 is 0.864 bits per heavy atom. The molecule has 4 aliphatic rings. The van der Waals surface area contributed by atoms with Gasteiger partial charge in [0, 0.05) is 6.04 Å². The summed E-state index contributed by atoms with van der Waals surface area (Å²) in [6.07, 6.45) is 8.46. The average molecular weight is 307 g/mol. The molecule has 4 aliphatic carbocycles. The number of fused-ring (bicyclic) bond motifs is 5. The van der Waals surface area contributed by atoms with Crippen LogP contribution < -0.4 is 5.73 Å². The van der Waals surface area contributed by atoms with Crippen LogP contribution in [-0.2, 0) is 0 Å². The maximum Gasteiger partial charge on any atom is 0.0596 e. The van der Waals surface area contributed by atoms with Gasteiger partial charge in [-0.15, -0.1) is 0 Å². The van der Waals surface area contributed by atoms with E-state index >= 15 is 0 Å². The fraction of sp³-hybridized carbons (Fsp3) is 1.00. The maximum atomic E-state index is 11.0. The second-order valence-electron chi connectivity index (χ2n) is 9.47. The zero-order valence-electron chi connectivity index (χ0n) is 14.2. The van der Waals surface area contributed by atoms with Crippen LogP contribution in [0.4, 0.5) is 0 Å². The van der Waals surface area contributed by atoms with Crippen molar-refractivity contribution in [3.8, 4) is 0 Å². The number of aliphatic hydroxyl groups is 2. The van der Waals surface area contributed by atoms with E-state index in [1.54, 1.807) is 0 Å². The van der Waals surface area contributed by atoms with Crippen LogP contribution in [-0.4, -0.2) is 28.5 Å². The Balaban J connectivity index is 1.67. The van der Waals surface area contributed by atoms with Crippen molar-refractivity contribution in [2.45, 2.75) is 83.5 Å². The molecular weight excluding hydrogens is 274 g/mol. The number of hydrogen-bond acceptors (Lipinski definition) is 3. The summed E-state index contributed by atoms with van der Waals surface area (Å²) in [5, 5.41) is 21.5. The number of rotatable bonds is 0. The molecule has 0 aromatic heterocycles. The first-order valence-electron chi connectivity index (χ1n) is 9.48. The molecule has 3 nitrogen and oxygen atoms in total. The monoisotopic (exact) mass is 307 g/mol. The first-order valence-corrected chi connectivity index (χ1v) is 9.48. The van der Waals surface area contributed by atoms with Gasteiger partial charge in [-0.2, -0.15) is 0 Å². The SMILES string of the molecule is C[C@]12CCC(N)CC1CC(O)[C@@H]1[C@H]2CC[C@]2(C)C(O)CC[C@@H]12. The van der Waals surface area contributed by atoms with Gasteiger partial charge in [0.05, 0.1) is 12.2 Å². The molecule has 0 bridgehead atoms.